The van der Waals surface area contributed by atoms with E-state index in [9.17, 15) is 9.18 Å². The topological polar surface area (TPSA) is 59.9 Å². The molecule has 0 spiro atoms. The Labute approximate surface area is 156 Å². The molecule has 5 nitrogen and oxygen atoms in total. The third-order valence-electron chi connectivity index (χ3n) is 4.01. The summed E-state index contributed by atoms with van der Waals surface area (Å²) in [6.07, 6.45) is 0. The first-order valence-corrected chi connectivity index (χ1v) is 8.35. The highest BCUT2D eigenvalue weighted by Crippen LogP contribution is 2.22. The minimum atomic E-state index is -0.516. The number of benzene rings is 3. The second-order valence-electron chi connectivity index (χ2n) is 5.88. The monoisotopic (exact) mass is 366 g/mol. The number of carbonyl (C=O) groups is 1. The van der Waals surface area contributed by atoms with Crippen LogP contribution in [0.2, 0.25) is 0 Å². The van der Waals surface area contributed by atoms with Crippen LogP contribution in [0.25, 0.3) is 10.8 Å². The van der Waals surface area contributed by atoms with Crippen molar-refractivity contribution in [1.82, 2.24) is 5.43 Å². The van der Waals surface area contributed by atoms with Crippen LogP contribution < -0.4 is 14.9 Å². The maximum Gasteiger partial charge on any atom is 0.277 e. The van der Waals surface area contributed by atoms with Gasteiger partial charge in [-0.3, -0.25) is 4.79 Å². The number of fused-ring (bicyclic) bond motifs is 1. The Hall–Kier alpha value is -3.41. The third kappa shape index (κ3) is 4.61. The molecule has 0 aromatic heterocycles. The molecule has 27 heavy (non-hydrogen) atoms. The highest BCUT2D eigenvalue weighted by atomic mass is 19.1. The normalized spacial score (nSPS) is 11.3. The van der Waals surface area contributed by atoms with Crippen molar-refractivity contribution in [2.75, 3.05) is 13.7 Å². The maximum atomic E-state index is 13.5. The Kier molecular flexibility index (Phi) is 5.66. The predicted octanol–water partition coefficient (Wildman–Crippen LogP) is 3.91. The molecular weight excluding hydrogens is 347 g/mol. The standard InChI is InChI=1S/C21H19FN2O3/c1-14(15-7-8-17-12-18(26-2)10-9-16(17)11-15)23-24-21(25)13-27-20-6-4-3-5-19(20)22/h3-12H,13H2,1-2H3,(H,24,25)/b23-14-. The van der Waals surface area contributed by atoms with Crippen molar-refractivity contribution in [2.45, 2.75) is 6.92 Å². The number of methoxy groups -OCH3 is 1. The fourth-order valence-electron chi connectivity index (χ4n) is 2.52. The van der Waals surface area contributed by atoms with Gasteiger partial charge in [-0.25, -0.2) is 9.82 Å². The van der Waals surface area contributed by atoms with Crippen LogP contribution in [0.3, 0.4) is 0 Å². The molecule has 0 aliphatic heterocycles. The molecule has 0 heterocycles. The number of carbonyl (C=O) groups excluding carboxylic acids is 1. The lowest BCUT2D eigenvalue weighted by Crippen LogP contribution is -2.25. The molecule has 0 fully saturated rings. The fourth-order valence-corrected chi connectivity index (χ4v) is 2.52. The first kappa shape index (κ1) is 18.4. The van der Waals surface area contributed by atoms with Crippen LogP contribution in [0.5, 0.6) is 11.5 Å². The van der Waals surface area contributed by atoms with Gasteiger partial charge in [0.25, 0.3) is 5.91 Å². The molecule has 0 saturated carbocycles. The van der Waals surface area contributed by atoms with E-state index in [1.807, 2.05) is 36.4 Å². The number of hydrogen-bond donors (Lipinski definition) is 1. The zero-order chi connectivity index (χ0) is 19.2. The fraction of sp³-hybridized carbons (Fsp3) is 0.143. The molecule has 0 aliphatic rings. The number of ether oxygens (including phenoxy) is 2. The zero-order valence-electron chi connectivity index (χ0n) is 15.0. The Morgan fingerprint density at radius 1 is 1.07 bits per heavy atom. The molecule has 0 unspecified atom stereocenters. The molecule has 3 rings (SSSR count). The zero-order valence-corrected chi connectivity index (χ0v) is 15.0. The van der Waals surface area contributed by atoms with E-state index in [4.69, 9.17) is 9.47 Å². The second kappa shape index (κ2) is 8.31. The highest BCUT2D eigenvalue weighted by Gasteiger charge is 2.06. The quantitative estimate of drug-likeness (QED) is 0.532. The first-order valence-electron chi connectivity index (χ1n) is 8.35. The second-order valence-corrected chi connectivity index (χ2v) is 5.88. The summed E-state index contributed by atoms with van der Waals surface area (Å²) in [6, 6.07) is 17.6. The van der Waals surface area contributed by atoms with Crippen LogP contribution in [0, 0.1) is 5.82 Å². The molecule has 6 heteroatoms. The van der Waals surface area contributed by atoms with E-state index in [2.05, 4.69) is 10.5 Å². The van der Waals surface area contributed by atoms with E-state index < -0.39 is 11.7 Å². The Morgan fingerprint density at radius 2 is 1.81 bits per heavy atom. The van der Waals surface area contributed by atoms with E-state index in [1.165, 1.54) is 12.1 Å². The van der Waals surface area contributed by atoms with Crippen molar-refractivity contribution in [3.63, 3.8) is 0 Å². The third-order valence-corrected chi connectivity index (χ3v) is 4.01. The number of hydrogen-bond acceptors (Lipinski definition) is 4. The largest absolute Gasteiger partial charge is 0.497 e. The molecule has 0 saturated heterocycles. The molecule has 0 bridgehead atoms. The van der Waals surface area contributed by atoms with Crippen molar-refractivity contribution in [1.29, 1.82) is 0 Å². The van der Waals surface area contributed by atoms with Gasteiger partial charge in [0.2, 0.25) is 0 Å². The molecule has 0 atom stereocenters. The van der Waals surface area contributed by atoms with Crippen molar-refractivity contribution in [3.05, 3.63) is 72.0 Å². The summed E-state index contributed by atoms with van der Waals surface area (Å²) < 4.78 is 23.8. The number of nitrogens with one attached hydrogen (secondary N) is 1. The number of hydrazone groups is 1. The van der Waals surface area contributed by atoms with E-state index >= 15 is 0 Å². The van der Waals surface area contributed by atoms with E-state index in [-0.39, 0.29) is 12.4 Å². The van der Waals surface area contributed by atoms with Crippen LogP contribution in [-0.4, -0.2) is 25.3 Å². The molecule has 3 aromatic rings. The van der Waals surface area contributed by atoms with Gasteiger partial charge in [0, 0.05) is 0 Å². The average Bonchev–Trinajstić information content (AvgIpc) is 2.70. The van der Waals surface area contributed by atoms with Gasteiger partial charge in [-0.15, -0.1) is 0 Å². The van der Waals surface area contributed by atoms with Crippen LogP contribution >= 0.6 is 0 Å². The number of halogens is 1. The van der Waals surface area contributed by atoms with Crippen LogP contribution in [0.4, 0.5) is 4.39 Å². The van der Waals surface area contributed by atoms with Crippen molar-refractivity contribution in [2.24, 2.45) is 5.10 Å². The van der Waals surface area contributed by atoms with Gasteiger partial charge in [0.15, 0.2) is 18.2 Å². The predicted molar refractivity (Wildman–Crippen MR) is 103 cm³/mol. The Morgan fingerprint density at radius 3 is 2.59 bits per heavy atom. The van der Waals surface area contributed by atoms with E-state index in [1.54, 1.807) is 26.2 Å². The van der Waals surface area contributed by atoms with Gasteiger partial charge < -0.3 is 9.47 Å². The minimum Gasteiger partial charge on any atom is -0.497 e. The van der Waals surface area contributed by atoms with Crippen LogP contribution in [0.1, 0.15) is 12.5 Å². The smallest absolute Gasteiger partial charge is 0.277 e. The molecule has 1 amide bonds. The Bertz CT molecular complexity index is 1000. The lowest BCUT2D eigenvalue weighted by atomic mass is 10.0. The summed E-state index contributed by atoms with van der Waals surface area (Å²) in [6.45, 7) is 1.47. The summed E-state index contributed by atoms with van der Waals surface area (Å²) in [5.41, 5.74) is 3.94. The van der Waals surface area contributed by atoms with Gasteiger partial charge in [-0.1, -0.05) is 30.3 Å². The molecule has 0 aliphatic carbocycles. The number of amides is 1. The summed E-state index contributed by atoms with van der Waals surface area (Å²) in [5.74, 6) is -0.165. The van der Waals surface area contributed by atoms with Gasteiger partial charge in [0.1, 0.15) is 5.75 Å². The molecular formula is C21H19FN2O3. The summed E-state index contributed by atoms with van der Waals surface area (Å²) in [4.78, 5) is 11.9. The lowest BCUT2D eigenvalue weighted by molar-refractivity contribution is -0.123. The maximum absolute atomic E-state index is 13.5. The molecule has 1 N–H and O–H groups in total. The first-order chi connectivity index (χ1) is 13.1. The van der Waals surface area contributed by atoms with Gasteiger partial charge >= 0.3 is 0 Å². The van der Waals surface area contributed by atoms with Crippen molar-refractivity contribution < 1.29 is 18.7 Å². The Balaban J connectivity index is 1.63. The van der Waals surface area contributed by atoms with Gasteiger partial charge in [-0.2, -0.15) is 5.10 Å². The number of rotatable bonds is 6. The lowest BCUT2D eigenvalue weighted by Gasteiger charge is -2.07. The van der Waals surface area contributed by atoms with Gasteiger partial charge in [-0.05, 0) is 53.6 Å². The van der Waals surface area contributed by atoms with Crippen LogP contribution in [0.15, 0.2) is 65.8 Å². The van der Waals surface area contributed by atoms with E-state index in [0.717, 1.165) is 22.1 Å². The summed E-state index contributed by atoms with van der Waals surface area (Å²) >= 11 is 0. The molecule has 0 radical (unpaired) electrons. The van der Waals surface area contributed by atoms with E-state index in [0.29, 0.717) is 5.71 Å². The molecule has 138 valence electrons. The number of para-hydroxylation sites is 1. The highest BCUT2D eigenvalue weighted by molar-refractivity contribution is 6.02. The minimum absolute atomic E-state index is 0.0262. The average molecular weight is 366 g/mol. The summed E-state index contributed by atoms with van der Waals surface area (Å²) in [7, 11) is 1.63. The van der Waals surface area contributed by atoms with Crippen LogP contribution in [-0.2, 0) is 4.79 Å². The van der Waals surface area contributed by atoms with Crippen molar-refractivity contribution >= 4 is 22.4 Å². The number of nitrogens with zero attached hydrogens (tertiary/aromatic N) is 1. The SMILES string of the molecule is COc1ccc2cc(/C(C)=N\NC(=O)COc3ccccc3F)ccc2c1. The molecule has 3 aromatic carbocycles. The summed E-state index contributed by atoms with van der Waals surface area (Å²) in [5, 5.41) is 6.18. The van der Waals surface area contributed by atoms with Gasteiger partial charge in [0.05, 0.1) is 12.8 Å². The van der Waals surface area contributed by atoms with Crippen molar-refractivity contribution in [3.8, 4) is 11.5 Å².